The van der Waals surface area contributed by atoms with Crippen LogP contribution in [-0.2, 0) is 6.54 Å². The first-order valence-corrected chi connectivity index (χ1v) is 3.70. The van der Waals surface area contributed by atoms with Crippen molar-refractivity contribution in [3.63, 3.8) is 0 Å². The summed E-state index contributed by atoms with van der Waals surface area (Å²) in [5.74, 6) is 0. The van der Waals surface area contributed by atoms with Gasteiger partial charge in [0, 0.05) is 19.1 Å². The molecule has 0 aliphatic heterocycles. The van der Waals surface area contributed by atoms with Crippen molar-refractivity contribution in [3.8, 4) is 0 Å². The van der Waals surface area contributed by atoms with Gasteiger partial charge in [-0.1, -0.05) is 0 Å². The Morgan fingerprint density at radius 2 is 2.00 bits per heavy atom. The highest BCUT2D eigenvalue weighted by atomic mass is 35.5. The second kappa shape index (κ2) is 4.35. The Bertz CT molecular complexity index is 233. The smallest absolute Gasteiger partial charge is 0.178 e. The van der Waals surface area contributed by atoms with E-state index in [1.165, 1.54) is 11.3 Å². The van der Waals surface area contributed by atoms with Gasteiger partial charge < -0.3 is 12.4 Å². The van der Waals surface area contributed by atoms with Crippen LogP contribution in [0.2, 0.25) is 0 Å². The maximum atomic E-state index is 2.23. The molecule has 1 aromatic heterocycles. The highest BCUT2D eigenvalue weighted by molar-refractivity contribution is 5.08. The molecule has 0 aliphatic carbocycles. The first-order valence-electron chi connectivity index (χ1n) is 3.70. The van der Waals surface area contributed by atoms with Gasteiger partial charge in [0.05, 0.1) is 0 Å². The van der Waals surface area contributed by atoms with Gasteiger partial charge in [-0.2, -0.15) is 0 Å². The third kappa shape index (κ3) is 2.51. The molecular weight excluding hydrogens is 158 g/mol. The van der Waals surface area contributed by atoms with E-state index in [1.54, 1.807) is 0 Å². The van der Waals surface area contributed by atoms with E-state index in [9.17, 15) is 0 Å². The largest absolute Gasteiger partial charge is 1.00 e. The predicted molar refractivity (Wildman–Crippen MR) is 41.8 cm³/mol. The zero-order valence-electron chi connectivity index (χ0n) is 7.26. The molecule has 1 heterocycles. The maximum absolute atomic E-state index is 2.23. The molecule has 62 valence electrons. The molecular formula is C9H14ClN. The maximum Gasteiger partial charge on any atom is 0.178 e. The molecule has 0 unspecified atom stereocenters. The van der Waals surface area contributed by atoms with E-state index in [1.807, 2.05) is 0 Å². The second-order valence-corrected chi connectivity index (χ2v) is 2.63. The molecule has 11 heavy (non-hydrogen) atoms. The van der Waals surface area contributed by atoms with Crippen molar-refractivity contribution in [2.75, 3.05) is 0 Å². The van der Waals surface area contributed by atoms with Crippen LogP contribution in [0, 0.1) is 13.8 Å². The molecule has 0 aliphatic rings. The number of hydrogen-bond donors (Lipinski definition) is 0. The van der Waals surface area contributed by atoms with Gasteiger partial charge in [-0.15, -0.1) is 0 Å². The fraction of sp³-hybridized carbons (Fsp3) is 0.444. The summed E-state index contributed by atoms with van der Waals surface area (Å²) in [5.41, 5.74) is 2.67. The van der Waals surface area contributed by atoms with E-state index in [2.05, 4.69) is 43.7 Å². The molecule has 1 rings (SSSR count). The summed E-state index contributed by atoms with van der Waals surface area (Å²) in [4.78, 5) is 0. The summed E-state index contributed by atoms with van der Waals surface area (Å²) in [5, 5.41) is 0. The van der Waals surface area contributed by atoms with Crippen LogP contribution in [0.3, 0.4) is 0 Å². The van der Waals surface area contributed by atoms with Crippen LogP contribution in [0.4, 0.5) is 0 Å². The first-order chi connectivity index (χ1) is 4.74. The van der Waals surface area contributed by atoms with E-state index in [4.69, 9.17) is 0 Å². The highest BCUT2D eigenvalue weighted by Gasteiger charge is 2.00. The lowest BCUT2D eigenvalue weighted by atomic mass is 10.2. The zero-order valence-corrected chi connectivity index (χ0v) is 8.02. The first kappa shape index (κ1) is 10.4. The predicted octanol–water partition coefficient (Wildman–Crippen LogP) is -1.39. The van der Waals surface area contributed by atoms with Gasteiger partial charge in [0.1, 0.15) is 6.54 Å². The summed E-state index contributed by atoms with van der Waals surface area (Å²) in [6.07, 6.45) is 2.13. The van der Waals surface area contributed by atoms with E-state index < -0.39 is 0 Å². The molecule has 0 aromatic carbocycles. The van der Waals surface area contributed by atoms with Crippen LogP contribution in [0.1, 0.15) is 18.2 Å². The standard InChI is InChI=1S/C9H14N.ClH/c1-4-10-6-5-8(2)7-9(10)3;/h5-7H,4H2,1-3H3;1H/q+1;/p-1. The summed E-state index contributed by atoms with van der Waals surface area (Å²) in [7, 11) is 0. The SMILES string of the molecule is CC[n+]1ccc(C)cc1C.[Cl-]. The van der Waals surface area contributed by atoms with Crippen molar-refractivity contribution in [2.45, 2.75) is 27.3 Å². The average Bonchev–Trinajstić information content (AvgIpc) is 1.88. The van der Waals surface area contributed by atoms with Gasteiger partial charge in [-0.25, -0.2) is 4.57 Å². The topological polar surface area (TPSA) is 3.88 Å². The number of rotatable bonds is 1. The Labute approximate surface area is 74.5 Å². The second-order valence-electron chi connectivity index (χ2n) is 2.63. The molecule has 1 aromatic rings. The fourth-order valence-corrected chi connectivity index (χ4v) is 1.14. The van der Waals surface area contributed by atoms with Crippen LogP contribution >= 0.6 is 0 Å². The highest BCUT2D eigenvalue weighted by Crippen LogP contribution is 1.95. The van der Waals surface area contributed by atoms with E-state index >= 15 is 0 Å². The van der Waals surface area contributed by atoms with E-state index in [-0.39, 0.29) is 12.4 Å². The Morgan fingerprint density at radius 3 is 2.45 bits per heavy atom. The zero-order chi connectivity index (χ0) is 7.56. The monoisotopic (exact) mass is 171 g/mol. The molecule has 0 atom stereocenters. The molecule has 0 radical (unpaired) electrons. The van der Waals surface area contributed by atoms with Gasteiger partial charge in [0.15, 0.2) is 11.9 Å². The minimum atomic E-state index is 0. The van der Waals surface area contributed by atoms with Crippen LogP contribution in [0.15, 0.2) is 18.3 Å². The van der Waals surface area contributed by atoms with Gasteiger partial charge in [0.25, 0.3) is 0 Å². The normalized spacial score (nSPS) is 9.00. The Morgan fingerprint density at radius 1 is 1.36 bits per heavy atom. The lowest BCUT2D eigenvalue weighted by molar-refractivity contribution is -0.699. The van der Waals surface area contributed by atoms with Crippen molar-refractivity contribution >= 4 is 0 Å². The summed E-state index contributed by atoms with van der Waals surface area (Å²) < 4.78 is 2.23. The fourth-order valence-electron chi connectivity index (χ4n) is 1.14. The minimum absolute atomic E-state index is 0. The number of hydrogen-bond acceptors (Lipinski definition) is 0. The molecule has 0 fully saturated rings. The molecule has 1 nitrogen and oxygen atoms in total. The lowest BCUT2D eigenvalue weighted by Gasteiger charge is -1.96. The third-order valence-corrected chi connectivity index (χ3v) is 1.75. The van der Waals surface area contributed by atoms with Crippen molar-refractivity contribution < 1.29 is 17.0 Å². The molecule has 0 spiro atoms. The van der Waals surface area contributed by atoms with E-state index in [0.29, 0.717) is 0 Å². The van der Waals surface area contributed by atoms with E-state index in [0.717, 1.165) is 6.54 Å². The average molecular weight is 172 g/mol. The third-order valence-electron chi connectivity index (χ3n) is 1.75. The van der Waals surface area contributed by atoms with Gasteiger partial charge in [-0.05, 0) is 19.4 Å². The molecule has 2 heteroatoms. The van der Waals surface area contributed by atoms with Crippen LogP contribution in [0.25, 0.3) is 0 Å². The van der Waals surface area contributed by atoms with Crippen molar-refractivity contribution in [1.29, 1.82) is 0 Å². The molecule has 0 amide bonds. The molecule has 0 saturated heterocycles. The Balaban J connectivity index is 0.000001000. The van der Waals surface area contributed by atoms with Gasteiger partial charge >= 0.3 is 0 Å². The van der Waals surface area contributed by atoms with Gasteiger partial charge in [-0.3, -0.25) is 0 Å². The Hall–Kier alpha value is -0.560. The molecule has 0 bridgehead atoms. The Kier molecular flexibility index (Phi) is 4.12. The van der Waals surface area contributed by atoms with Crippen molar-refractivity contribution in [1.82, 2.24) is 0 Å². The van der Waals surface area contributed by atoms with Crippen LogP contribution in [0.5, 0.6) is 0 Å². The number of halogens is 1. The summed E-state index contributed by atoms with van der Waals surface area (Å²) in [6.45, 7) is 7.47. The van der Waals surface area contributed by atoms with Crippen molar-refractivity contribution in [3.05, 3.63) is 29.6 Å². The molecule has 0 N–H and O–H groups in total. The molecule has 0 saturated carbocycles. The number of aromatic nitrogens is 1. The lowest BCUT2D eigenvalue weighted by Crippen LogP contribution is -3.00. The summed E-state index contributed by atoms with van der Waals surface area (Å²) >= 11 is 0. The van der Waals surface area contributed by atoms with Gasteiger partial charge in [0.2, 0.25) is 0 Å². The van der Waals surface area contributed by atoms with Crippen molar-refractivity contribution in [2.24, 2.45) is 0 Å². The number of aryl methyl sites for hydroxylation is 3. The minimum Gasteiger partial charge on any atom is -1.00 e. The number of nitrogens with zero attached hydrogens (tertiary/aromatic N) is 1. The summed E-state index contributed by atoms with van der Waals surface area (Å²) in [6, 6.07) is 4.33. The number of pyridine rings is 1. The quantitative estimate of drug-likeness (QED) is 0.459. The van der Waals surface area contributed by atoms with Crippen LogP contribution in [-0.4, -0.2) is 0 Å². The van der Waals surface area contributed by atoms with Crippen LogP contribution < -0.4 is 17.0 Å².